The summed E-state index contributed by atoms with van der Waals surface area (Å²) in [5.74, 6) is 1.75. The van der Waals surface area contributed by atoms with Gasteiger partial charge in [-0.25, -0.2) is 4.68 Å². The van der Waals surface area contributed by atoms with Crippen LogP contribution in [0, 0.1) is 12.8 Å². The largest absolute Gasteiger partial charge is 0.481 e. The lowest BCUT2D eigenvalue weighted by Crippen LogP contribution is -1.97. The second-order valence-electron chi connectivity index (χ2n) is 4.14. The average Bonchev–Trinajstić information content (AvgIpc) is 2.48. The summed E-state index contributed by atoms with van der Waals surface area (Å²) in [6.07, 6.45) is 2.08. The predicted molar refractivity (Wildman–Crippen MR) is 68.0 cm³/mol. The fourth-order valence-electron chi connectivity index (χ4n) is 1.61. The Hall–Kier alpha value is -0.960. The molecule has 0 aliphatic rings. The van der Waals surface area contributed by atoms with Crippen LogP contribution in [0.3, 0.4) is 0 Å². The third-order valence-electron chi connectivity index (χ3n) is 2.63. The third kappa shape index (κ3) is 2.59. The Labute approximate surface area is 102 Å². The first-order valence-corrected chi connectivity index (χ1v) is 5.88. The Morgan fingerprint density at radius 3 is 2.62 bits per heavy atom. The maximum atomic E-state index is 5.93. The number of alkyl halides is 1. The number of rotatable bonds is 4. The molecule has 0 fully saturated rings. The first-order chi connectivity index (χ1) is 7.51. The summed E-state index contributed by atoms with van der Waals surface area (Å²) in [5, 5.41) is 4.33. The zero-order valence-electron chi connectivity index (χ0n) is 10.5. The van der Waals surface area contributed by atoms with Crippen molar-refractivity contribution in [2.75, 3.05) is 13.0 Å². The van der Waals surface area contributed by atoms with Crippen molar-refractivity contribution in [1.82, 2.24) is 9.78 Å². The summed E-state index contributed by atoms with van der Waals surface area (Å²) < 4.78 is 7.08. The Balaban J connectivity index is 3.22. The van der Waals surface area contributed by atoms with Crippen molar-refractivity contribution in [2.24, 2.45) is 13.0 Å². The Kier molecular flexibility index (Phi) is 4.42. The molecule has 1 heterocycles. The minimum Gasteiger partial charge on any atom is -0.481 e. The number of allylic oxidation sites excluding steroid dienone is 1. The maximum absolute atomic E-state index is 5.93. The topological polar surface area (TPSA) is 27.1 Å². The van der Waals surface area contributed by atoms with Gasteiger partial charge in [0.2, 0.25) is 5.88 Å². The van der Waals surface area contributed by atoms with Gasteiger partial charge in [0.05, 0.1) is 18.4 Å². The highest BCUT2D eigenvalue weighted by Gasteiger charge is 2.13. The van der Waals surface area contributed by atoms with E-state index in [0.29, 0.717) is 11.8 Å². The zero-order chi connectivity index (χ0) is 12.3. The van der Waals surface area contributed by atoms with E-state index in [4.69, 9.17) is 16.3 Å². The van der Waals surface area contributed by atoms with Gasteiger partial charge < -0.3 is 4.74 Å². The van der Waals surface area contributed by atoms with E-state index in [0.717, 1.165) is 17.1 Å². The molecule has 1 aromatic rings. The monoisotopic (exact) mass is 242 g/mol. The fourth-order valence-corrected chi connectivity index (χ4v) is 1.99. The molecule has 0 spiro atoms. The third-order valence-corrected chi connectivity index (χ3v) is 2.94. The lowest BCUT2D eigenvalue weighted by atomic mass is 10.0. The molecule has 0 saturated carbocycles. The van der Waals surface area contributed by atoms with Crippen LogP contribution in [0.1, 0.15) is 25.1 Å². The molecule has 0 aromatic carbocycles. The molecule has 0 atom stereocenters. The Morgan fingerprint density at radius 2 is 2.19 bits per heavy atom. The lowest BCUT2D eigenvalue weighted by molar-refractivity contribution is 0.372. The van der Waals surface area contributed by atoms with Gasteiger partial charge in [-0.15, -0.1) is 11.6 Å². The summed E-state index contributed by atoms with van der Waals surface area (Å²) >= 11 is 5.93. The molecule has 3 nitrogen and oxygen atoms in total. The van der Waals surface area contributed by atoms with E-state index in [-0.39, 0.29) is 0 Å². The zero-order valence-corrected chi connectivity index (χ0v) is 11.3. The molecule has 4 heteroatoms. The molecule has 0 radical (unpaired) electrons. The highest BCUT2D eigenvalue weighted by atomic mass is 35.5. The number of ether oxygens (including phenoxy) is 1. The fraction of sp³-hybridized carbons (Fsp3) is 0.583. The first kappa shape index (κ1) is 13.1. The smallest absolute Gasteiger partial charge is 0.218 e. The van der Waals surface area contributed by atoms with Crippen molar-refractivity contribution < 1.29 is 4.74 Å². The summed E-state index contributed by atoms with van der Waals surface area (Å²) in [5.41, 5.74) is 3.17. The van der Waals surface area contributed by atoms with Gasteiger partial charge in [0.25, 0.3) is 0 Å². The van der Waals surface area contributed by atoms with Crippen molar-refractivity contribution in [2.45, 2.75) is 20.8 Å². The molecule has 0 amide bonds. The van der Waals surface area contributed by atoms with E-state index in [1.807, 2.05) is 14.0 Å². The minimum absolute atomic E-state index is 0.432. The number of aromatic nitrogens is 2. The van der Waals surface area contributed by atoms with Gasteiger partial charge in [0.15, 0.2) is 0 Å². The summed E-state index contributed by atoms with van der Waals surface area (Å²) in [6, 6.07) is 0. The van der Waals surface area contributed by atoms with Gasteiger partial charge in [-0.2, -0.15) is 5.10 Å². The molecule has 0 aliphatic carbocycles. The number of nitrogens with zero attached hydrogens (tertiary/aromatic N) is 2. The van der Waals surface area contributed by atoms with E-state index < -0.39 is 0 Å². The van der Waals surface area contributed by atoms with Crippen LogP contribution in [-0.2, 0) is 7.05 Å². The quantitative estimate of drug-likeness (QED) is 0.759. The Morgan fingerprint density at radius 1 is 1.56 bits per heavy atom. The molecular formula is C12H19ClN2O. The molecular weight excluding hydrogens is 224 g/mol. The average molecular weight is 243 g/mol. The van der Waals surface area contributed by atoms with Crippen molar-refractivity contribution in [3.63, 3.8) is 0 Å². The second-order valence-corrected chi connectivity index (χ2v) is 4.41. The van der Waals surface area contributed by atoms with Crippen molar-refractivity contribution in [3.8, 4) is 5.88 Å². The van der Waals surface area contributed by atoms with Gasteiger partial charge >= 0.3 is 0 Å². The normalized spacial score (nSPS) is 12.3. The Bertz CT molecular complexity index is 394. The van der Waals surface area contributed by atoms with Crippen LogP contribution in [0.15, 0.2) is 5.57 Å². The van der Waals surface area contributed by atoms with E-state index in [1.165, 1.54) is 5.57 Å². The molecule has 90 valence electrons. The van der Waals surface area contributed by atoms with Crippen LogP contribution in [0.25, 0.3) is 6.08 Å². The predicted octanol–water partition coefficient (Wildman–Crippen LogP) is 3.02. The van der Waals surface area contributed by atoms with Crippen LogP contribution in [0.5, 0.6) is 5.88 Å². The molecule has 0 bridgehead atoms. The lowest BCUT2D eigenvalue weighted by Gasteiger charge is -2.08. The van der Waals surface area contributed by atoms with Crippen LogP contribution < -0.4 is 4.74 Å². The molecule has 1 rings (SSSR count). The molecule has 0 saturated heterocycles. The van der Waals surface area contributed by atoms with Gasteiger partial charge in [-0.1, -0.05) is 19.4 Å². The number of hydrogen-bond acceptors (Lipinski definition) is 2. The molecule has 1 aromatic heterocycles. The van der Waals surface area contributed by atoms with Gasteiger partial charge in [0, 0.05) is 12.9 Å². The van der Waals surface area contributed by atoms with Crippen molar-refractivity contribution >= 4 is 17.7 Å². The van der Waals surface area contributed by atoms with Gasteiger partial charge in [-0.05, 0) is 18.9 Å². The van der Waals surface area contributed by atoms with Crippen molar-refractivity contribution in [3.05, 3.63) is 16.8 Å². The van der Waals surface area contributed by atoms with Crippen LogP contribution in [0.4, 0.5) is 0 Å². The molecule has 16 heavy (non-hydrogen) atoms. The van der Waals surface area contributed by atoms with E-state index in [9.17, 15) is 0 Å². The molecule has 0 unspecified atom stereocenters. The highest BCUT2D eigenvalue weighted by molar-refractivity contribution is 6.19. The van der Waals surface area contributed by atoms with Gasteiger partial charge in [-0.3, -0.25) is 0 Å². The van der Waals surface area contributed by atoms with Crippen molar-refractivity contribution in [1.29, 1.82) is 0 Å². The van der Waals surface area contributed by atoms with E-state index in [1.54, 1.807) is 11.8 Å². The first-order valence-electron chi connectivity index (χ1n) is 5.35. The minimum atomic E-state index is 0.432. The second kappa shape index (κ2) is 5.39. The van der Waals surface area contributed by atoms with Crippen LogP contribution >= 0.6 is 11.6 Å². The maximum Gasteiger partial charge on any atom is 0.218 e. The van der Waals surface area contributed by atoms with Gasteiger partial charge in [0.1, 0.15) is 0 Å². The number of hydrogen-bond donors (Lipinski definition) is 0. The number of aryl methyl sites for hydroxylation is 2. The summed E-state index contributed by atoms with van der Waals surface area (Å²) in [4.78, 5) is 0. The van der Waals surface area contributed by atoms with Crippen LogP contribution in [0.2, 0.25) is 0 Å². The molecule has 0 N–H and O–H groups in total. The summed E-state index contributed by atoms with van der Waals surface area (Å²) in [6.45, 7) is 6.24. The standard InChI is InChI=1S/C12H19ClN2O/c1-8(2)10(7-13)6-11-9(3)14-15(4)12(11)16-5/h6,8H,7H2,1-5H3/b10-6-. The SMILES string of the molecule is COc1c(/C=C(/CCl)C(C)C)c(C)nn1C. The number of halogens is 1. The molecule has 0 aliphatic heterocycles. The van der Waals surface area contributed by atoms with E-state index >= 15 is 0 Å². The number of methoxy groups -OCH3 is 1. The van der Waals surface area contributed by atoms with Crippen LogP contribution in [-0.4, -0.2) is 22.8 Å². The highest BCUT2D eigenvalue weighted by Crippen LogP contribution is 2.26. The van der Waals surface area contributed by atoms with E-state index in [2.05, 4.69) is 25.0 Å². The summed E-state index contributed by atoms with van der Waals surface area (Å²) in [7, 11) is 3.53.